The summed E-state index contributed by atoms with van der Waals surface area (Å²) in [5.41, 5.74) is 7.33. The Morgan fingerprint density at radius 2 is 2.00 bits per heavy atom. The smallest absolute Gasteiger partial charge is 0.242 e. The van der Waals surface area contributed by atoms with Crippen LogP contribution in [-0.2, 0) is 4.79 Å². The van der Waals surface area contributed by atoms with Gasteiger partial charge in [0.25, 0.3) is 0 Å². The molecule has 4 nitrogen and oxygen atoms in total. The van der Waals surface area contributed by atoms with Crippen molar-refractivity contribution in [1.82, 2.24) is 5.32 Å². The average molecular weight is 279 g/mol. The summed E-state index contributed by atoms with van der Waals surface area (Å²) in [7, 11) is 1.88. The summed E-state index contributed by atoms with van der Waals surface area (Å²) in [5, 5.41) is 2.90. The number of likely N-dealkylation sites (N-methyl/N-ethyl adjacent to an activating group) is 1. The molecule has 1 unspecified atom stereocenters. The Morgan fingerprint density at radius 3 is 2.53 bits per heavy atom. The van der Waals surface area contributed by atoms with Gasteiger partial charge in [-0.2, -0.15) is 0 Å². The first-order chi connectivity index (χ1) is 8.82. The van der Waals surface area contributed by atoms with Gasteiger partial charge in [0.05, 0.1) is 0 Å². The molecule has 0 aliphatic rings. The van der Waals surface area contributed by atoms with E-state index in [4.69, 9.17) is 18.0 Å². The van der Waals surface area contributed by atoms with Gasteiger partial charge in [0.1, 0.15) is 11.0 Å². The van der Waals surface area contributed by atoms with Crippen LogP contribution < -0.4 is 16.0 Å². The molecule has 1 rings (SSSR count). The fraction of sp³-hybridized carbons (Fsp3) is 0.429. The van der Waals surface area contributed by atoms with E-state index in [9.17, 15) is 4.79 Å². The highest BCUT2D eigenvalue weighted by Gasteiger charge is 2.19. The Morgan fingerprint density at radius 1 is 1.37 bits per heavy atom. The molecule has 104 valence electrons. The third-order valence-corrected chi connectivity index (χ3v) is 3.16. The first kappa shape index (κ1) is 15.4. The zero-order valence-corrected chi connectivity index (χ0v) is 12.6. The molecule has 0 aromatic heterocycles. The van der Waals surface area contributed by atoms with E-state index in [0.717, 1.165) is 11.3 Å². The molecule has 5 heteroatoms. The Hall–Kier alpha value is -1.62. The van der Waals surface area contributed by atoms with Crippen LogP contribution in [0, 0.1) is 0 Å². The zero-order valence-electron chi connectivity index (χ0n) is 11.8. The van der Waals surface area contributed by atoms with Crippen molar-refractivity contribution in [2.24, 2.45) is 5.73 Å². The lowest BCUT2D eigenvalue weighted by Crippen LogP contribution is -2.45. The standard InChI is InChI=1S/C14H21N3OS/c1-9(2)16-14(18)10(3)17(4)12-7-5-6-11(8-12)13(15)19/h5-10H,1-4H3,(H2,15,19)(H,16,18). The fourth-order valence-electron chi connectivity index (χ4n) is 1.68. The Labute approximate surface area is 120 Å². The topological polar surface area (TPSA) is 58.4 Å². The molecular weight excluding hydrogens is 258 g/mol. The number of rotatable bonds is 5. The monoisotopic (exact) mass is 279 g/mol. The molecule has 0 aliphatic carbocycles. The average Bonchev–Trinajstić information content (AvgIpc) is 2.36. The highest BCUT2D eigenvalue weighted by atomic mass is 32.1. The van der Waals surface area contributed by atoms with E-state index >= 15 is 0 Å². The number of carbonyl (C=O) groups excluding carboxylic acids is 1. The number of hydrogen-bond donors (Lipinski definition) is 2. The number of carbonyl (C=O) groups is 1. The molecule has 0 bridgehead atoms. The second-order valence-electron chi connectivity index (χ2n) is 4.86. The molecule has 0 spiro atoms. The molecule has 19 heavy (non-hydrogen) atoms. The maximum Gasteiger partial charge on any atom is 0.242 e. The summed E-state index contributed by atoms with van der Waals surface area (Å²) in [5.74, 6) is -0.00164. The first-order valence-electron chi connectivity index (χ1n) is 6.26. The van der Waals surface area contributed by atoms with Gasteiger partial charge in [-0.15, -0.1) is 0 Å². The molecule has 0 heterocycles. The Balaban J connectivity index is 2.87. The SMILES string of the molecule is CC(C)NC(=O)C(C)N(C)c1cccc(C(N)=S)c1. The fourth-order valence-corrected chi connectivity index (χ4v) is 1.81. The van der Waals surface area contributed by atoms with Crippen molar-refractivity contribution in [3.05, 3.63) is 29.8 Å². The molecule has 1 amide bonds. The number of anilines is 1. The van der Waals surface area contributed by atoms with Crippen LogP contribution in [0.4, 0.5) is 5.69 Å². The second kappa shape index (κ2) is 6.52. The first-order valence-corrected chi connectivity index (χ1v) is 6.66. The number of thiocarbonyl (C=S) groups is 1. The van der Waals surface area contributed by atoms with Gasteiger partial charge in [-0.25, -0.2) is 0 Å². The van der Waals surface area contributed by atoms with E-state index in [1.54, 1.807) is 0 Å². The predicted molar refractivity (Wildman–Crippen MR) is 83.5 cm³/mol. The number of hydrogen-bond acceptors (Lipinski definition) is 3. The lowest BCUT2D eigenvalue weighted by atomic mass is 10.1. The van der Waals surface area contributed by atoms with Gasteiger partial charge in [0.2, 0.25) is 5.91 Å². The van der Waals surface area contributed by atoms with Gasteiger partial charge < -0.3 is 16.0 Å². The van der Waals surface area contributed by atoms with E-state index < -0.39 is 0 Å². The molecule has 0 fully saturated rings. The molecule has 3 N–H and O–H groups in total. The molecule has 1 aromatic rings. The van der Waals surface area contributed by atoms with Crippen molar-refractivity contribution >= 4 is 28.8 Å². The van der Waals surface area contributed by atoms with Crippen LogP contribution in [0.1, 0.15) is 26.3 Å². The minimum Gasteiger partial charge on any atom is -0.389 e. The number of benzene rings is 1. The summed E-state index contributed by atoms with van der Waals surface area (Å²) < 4.78 is 0. The number of nitrogens with zero attached hydrogens (tertiary/aromatic N) is 1. The molecule has 1 atom stereocenters. The second-order valence-corrected chi connectivity index (χ2v) is 5.30. The van der Waals surface area contributed by atoms with Gasteiger partial charge in [0.15, 0.2) is 0 Å². The van der Waals surface area contributed by atoms with Crippen molar-refractivity contribution in [1.29, 1.82) is 0 Å². The van der Waals surface area contributed by atoms with E-state index in [-0.39, 0.29) is 18.0 Å². The lowest BCUT2D eigenvalue weighted by molar-refractivity contribution is -0.122. The molecule has 0 saturated heterocycles. The minimum atomic E-state index is -0.260. The van der Waals surface area contributed by atoms with Crippen molar-refractivity contribution < 1.29 is 4.79 Å². The van der Waals surface area contributed by atoms with Crippen LogP contribution in [0.25, 0.3) is 0 Å². The maximum absolute atomic E-state index is 12.0. The summed E-state index contributed by atoms with van der Waals surface area (Å²) in [4.78, 5) is 14.2. The Kier molecular flexibility index (Phi) is 5.30. The number of nitrogens with one attached hydrogen (secondary N) is 1. The van der Waals surface area contributed by atoms with Crippen LogP contribution in [0.2, 0.25) is 0 Å². The highest BCUT2D eigenvalue weighted by Crippen LogP contribution is 2.17. The number of amides is 1. The maximum atomic E-state index is 12.0. The van der Waals surface area contributed by atoms with Crippen LogP contribution in [-0.4, -0.2) is 30.0 Å². The zero-order chi connectivity index (χ0) is 14.6. The van der Waals surface area contributed by atoms with Crippen molar-refractivity contribution in [2.75, 3.05) is 11.9 Å². The van der Waals surface area contributed by atoms with E-state index in [2.05, 4.69) is 5.32 Å². The summed E-state index contributed by atoms with van der Waals surface area (Å²) in [6, 6.07) is 7.43. The summed E-state index contributed by atoms with van der Waals surface area (Å²) in [6.45, 7) is 5.75. The molecule has 1 aromatic carbocycles. The van der Waals surface area contributed by atoms with Gasteiger partial charge in [-0.3, -0.25) is 4.79 Å². The van der Waals surface area contributed by atoms with Gasteiger partial charge >= 0.3 is 0 Å². The van der Waals surface area contributed by atoms with Crippen LogP contribution in [0.3, 0.4) is 0 Å². The van der Waals surface area contributed by atoms with Crippen LogP contribution >= 0.6 is 12.2 Å². The Bertz CT molecular complexity index is 474. The molecule has 0 radical (unpaired) electrons. The minimum absolute atomic E-state index is 0.00164. The van der Waals surface area contributed by atoms with Crippen LogP contribution in [0.5, 0.6) is 0 Å². The summed E-state index contributed by atoms with van der Waals surface area (Å²) in [6.07, 6.45) is 0. The van der Waals surface area contributed by atoms with Gasteiger partial charge in [0, 0.05) is 24.3 Å². The molecule has 0 saturated carbocycles. The van der Waals surface area contributed by atoms with E-state index in [1.807, 2.05) is 57.0 Å². The van der Waals surface area contributed by atoms with Gasteiger partial charge in [-0.05, 0) is 32.9 Å². The molecule has 0 aliphatic heterocycles. The van der Waals surface area contributed by atoms with Crippen LogP contribution in [0.15, 0.2) is 24.3 Å². The van der Waals surface area contributed by atoms with Crippen molar-refractivity contribution in [2.45, 2.75) is 32.9 Å². The normalized spacial score (nSPS) is 12.1. The van der Waals surface area contributed by atoms with Crippen molar-refractivity contribution in [3.8, 4) is 0 Å². The van der Waals surface area contributed by atoms with Crippen molar-refractivity contribution in [3.63, 3.8) is 0 Å². The predicted octanol–water partition coefficient (Wildman–Crippen LogP) is 1.67. The van der Waals surface area contributed by atoms with E-state index in [0.29, 0.717) is 4.99 Å². The van der Waals surface area contributed by atoms with Gasteiger partial charge in [-0.1, -0.05) is 24.4 Å². The largest absolute Gasteiger partial charge is 0.389 e. The highest BCUT2D eigenvalue weighted by molar-refractivity contribution is 7.80. The molecular formula is C14H21N3OS. The summed E-state index contributed by atoms with van der Waals surface area (Å²) >= 11 is 4.96. The number of nitrogens with two attached hydrogens (primary N) is 1. The lowest BCUT2D eigenvalue weighted by Gasteiger charge is -2.27. The van der Waals surface area contributed by atoms with E-state index in [1.165, 1.54) is 0 Å². The third-order valence-electron chi connectivity index (χ3n) is 2.93. The quantitative estimate of drug-likeness (QED) is 0.805. The third kappa shape index (κ3) is 4.21.